The van der Waals surface area contributed by atoms with Gasteiger partial charge < -0.3 is 10.2 Å². The second-order valence-electron chi connectivity index (χ2n) is 6.20. The summed E-state index contributed by atoms with van der Waals surface area (Å²) in [5.74, 6) is -0.796. The molecule has 0 aliphatic carbocycles. The van der Waals surface area contributed by atoms with Gasteiger partial charge >= 0.3 is 0 Å². The second kappa shape index (κ2) is 7.20. The topological polar surface area (TPSA) is 80.1 Å². The molecule has 3 aromatic rings. The fourth-order valence-electron chi connectivity index (χ4n) is 3.13. The van der Waals surface area contributed by atoms with Gasteiger partial charge in [0.1, 0.15) is 12.7 Å². The van der Waals surface area contributed by atoms with Crippen molar-refractivity contribution in [2.75, 3.05) is 16.8 Å². The highest BCUT2D eigenvalue weighted by molar-refractivity contribution is 6.33. The van der Waals surface area contributed by atoms with Crippen molar-refractivity contribution in [2.24, 2.45) is 5.92 Å². The summed E-state index contributed by atoms with van der Waals surface area (Å²) in [6, 6.07) is 14.4. The maximum atomic E-state index is 12.8. The first-order chi connectivity index (χ1) is 13.1. The molecule has 1 unspecified atom stereocenters. The van der Waals surface area contributed by atoms with Crippen LogP contribution in [0.2, 0.25) is 5.02 Å². The summed E-state index contributed by atoms with van der Waals surface area (Å²) < 4.78 is 1.57. The van der Waals surface area contributed by atoms with E-state index in [1.165, 1.54) is 6.33 Å². The van der Waals surface area contributed by atoms with Crippen LogP contribution in [0.3, 0.4) is 0 Å². The molecule has 1 N–H and O–H groups in total. The van der Waals surface area contributed by atoms with Crippen molar-refractivity contribution in [3.8, 4) is 5.69 Å². The molecular weight excluding hydrogens is 366 g/mol. The highest BCUT2D eigenvalue weighted by atomic mass is 35.5. The van der Waals surface area contributed by atoms with Gasteiger partial charge in [0.2, 0.25) is 11.8 Å². The summed E-state index contributed by atoms with van der Waals surface area (Å²) in [5, 5.41) is 7.50. The molecule has 2 amide bonds. The fraction of sp³-hybridized carbons (Fsp3) is 0.158. The van der Waals surface area contributed by atoms with E-state index in [9.17, 15) is 9.59 Å². The van der Waals surface area contributed by atoms with Gasteiger partial charge in [-0.15, -0.1) is 0 Å². The van der Waals surface area contributed by atoms with Crippen LogP contribution in [0, 0.1) is 5.92 Å². The first-order valence-corrected chi connectivity index (χ1v) is 8.81. The number of hydrogen-bond acceptors (Lipinski definition) is 4. The Morgan fingerprint density at radius 1 is 1.11 bits per heavy atom. The highest BCUT2D eigenvalue weighted by Gasteiger charge is 2.36. The standard InChI is InChI=1S/C19H16ClN5O2/c20-14-5-1-3-7-16(14)24-10-13(9-18(24)26)19(27)23-15-6-2-4-8-17(15)25-12-21-11-22-25/h1-8,11-13H,9-10H2,(H,23,27). The molecule has 27 heavy (non-hydrogen) atoms. The molecule has 1 saturated heterocycles. The smallest absolute Gasteiger partial charge is 0.229 e. The number of benzene rings is 2. The molecular formula is C19H16ClN5O2. The van der Waals surface area contributed by atoms with Crippen LogP contribution in [0.15, 0.2) is 61.2 Å². The number of anilines is 2. The van der Waals surface area contributed by atoms with Gasteiger partial charge in [0.25, 0.3) is 0 Å². The average Bonchev–Trinajstić information content (AvgIpc) is 3.33. The largest absolute Gasteiger partial charge is 0.324 e. The van der Waals surface area contributed by atoms with E-state index in [0.29, 0.717) is 28.6 Å². The maximum absolute atomic E-state index is 12.8. The number of aromatic nitrogens is 3. The average molecular weight is 382 g/mol. The molecule has 2 heterocycles. The third-order valence-electron chi connectivity index (χ3n) is 4.47. The van der Waals surface area contributed by atoms with E-state index in [-0.39, 0.29) is 18.2 Å². The molecule has 1 aliphatic rings. The van der Waals surface area contributed by atoms with Gasteiger partial charge in [0.05, 0.1) is 28.0 Å². The van der Waals surface area contributed by atoms with Crippen molar-refractivity contribution in [1.29, 1.82) is 0 Å². The lowest BCUT2D eigenvalue weighted by molar-refractivity contribution is -0.122. The Hall–Kier alpha value is -3.19. The van der Waals surface area contributed by atoms with Gasteiger partial charge in [-0.2, -0.15) is 5.10 Å². The van der Waals surface area contributed by atoms with E-state index >= 15 is 0 Å². The van der Waals surface area contributed by atoms with Crippen LogP contribution >= 0.6 is 11.6 Å². The van der Waals surface area contributed by atoms with E-state index in [4.69, 9.17) is 11.6 Å². The van der Waals surface area contributed by atoms with Crippen LogP contribution in [-0.2, 0) is 9.59 Å². The second-order valence-corrected chi connectivity index (χ2v) is 6.61. The molecule has 0 radical (unpaired) electrons. The third-order valence-corrected chi connectivity index (χ3v) is 4.79. The summed E-state index contributed by atoms with van der Waals surface area (Å²) in [7, 11) is 0. The number of carbonyl (C=O) groups is 2. The molecule has 7 nitrogen and oxygen atoms in total. The Morgan fingerprint density at radius 3 is 2.59 bits per heavy atom. The van der Waals surface area contributed by atoms with E-state index in [2.05, 4.69) is 15.4 Å². The zero-order chi connectivity index (χ0) is 18.8. The first kappa shape index (κ1) is 17.2. The maximum Gasteiger partial charge on any atom is 0.229 e. The molecule has 1 atom stereocenters. The number of hydrogen-bond donors (Lipinski definition) is 1. The van der Waals surface area contributed by atoms with E-state index in [1.54, 1.807) is 40.2 Å². The molecule has 2 aromatic carbocycles. The summed E-state index contributed by atoms with van der Waals surface area (Å²) in [4.78, 5) is 30.7. The minimum atomic E-state index is -0.461. The minimum absolute atomic E-state index is 0.118. The normalized spacial score (nSPS) is 16.6. The van der Waals surface area contributed by atoms with Crippen LogP contribution in [0.25, 0.3) is 5.69 Å². The van der Waals surface area contributed by atoms with Crippen molar-refractivity contribution >= 4 is 34.8 Å². The molecule has 136 valence electrons. The number of nitrogens with one attached hydrogen (secondary N) is 1. The lowest BCUT2D eigenvalue weighted by atomic mass is 10.1. The van der Waals surface area contributed by atoms with Crippen LogP contribution in [0.1, 0.15) is 6.42 Å². The van der Waals surface area contributed by atoms with Crippen LogP contribution in [0.4, 0.5) is 11.4 Å². The predicted molar refractivity (Wildman–Crippen MR) is 102 cm³/mol. The molecule has 4 rings (SSSR count). The lowest BCUT2D eigenvalue weighted by Crippen LogP contribution is -2.28. The molecule has 0 saturated carbocycles. The van der Waals surface area contributed by atoms with Crippen LogP contribution in [-0.4, -0.2) is 33.1 Å². The minimum Gasteiger partial charge on any atom is -0.324 e. The SMILES string of the molecule is O=C(Nc1ccccc1-n1cncn1)C1CC(=O)N(c2ccccc2Cl)C1. The molecule has 0 bridgehead atoms. The van der Waals surface area contributed by atoms with Gasteiger partial charge in [-0.25, -0.2) is 9.67 Å². The lowest BCUT2D eigenvalue weighted by Gasteiger charge is -2.18. The van der Waals surface area contributed by atoms with Crippen molar-refractivity contribution < 1.29 is 9.59 Å². The zero-order valence-electron chi connectivity index (χ0n) is 14.2. The summed E-state index contributed by atoms with van der Waals surface area (Å²) in [6.45, 7) is 0.292. The van der Waals surface area contributed by atoms with E-state index in [0.717, 1.165) is 0 Å². The zero-order valence-corrected chi connectivity index (χ0v) is 15.0. The quantitative estimate of drug-likeness (QED) is 0.753. The molecule has 1 aliphatic heterocycles. The Bertz CT molecular complexity index is 989. The molecule has 1 aromatic heterocycles. The molecule has 0 spiro atoms. The predicted octanol–water partition coefficient (Wildman–Crippen LogP) is 2.91. The number of nitrogens with zero attached hydrogens (tertiary/aromatic N) is 4. The summed E-state index contributed by atoms with van der Waals surface area (Å²) in [6.07, 6.45) is 3.13. The van der Waals surface area contributed by atoms with Gasteiger partial charge in [-0.3, -0.25) is 9.59 Å². The van der Waals surface area contributed by atoms with Crippen molar-refractivity contribution in [3.05, 3.63) is 66.2 Å². The third kappa shape index (κ3) is 3.41. The highest BCUT2D eigenvalue weighted by Crippen LogP contribution is 2.31. The summed E-state index contributed by atoms with van der Waals surface area (Å²) >= 11 is 6.19. The van der Waals surface area contributed by atoms with Crippen molar-refractivity contribution in [3.63, 3.8) is 0 Å². The van der Waals surface area contributed by atoms with Crippen LogP contribution < -0.4 is 10.2 Å². The van der Waals surface area contributed by atoms with Crippen molar-refractivity contribution in [1.82, 2.24) is 14.8 Å². The monoisotopic (exact) mass is 381 g/mol. The van der Waals surface area contributed by atoms with Crippen LogP contribution in [0.5, 0.6) is 0 Å². The Kier molecular flexibility index (Phi) is 4.60. The van der Waals surface area contributed by atoms with E-state index < -0.39 is 5.92 Å². The fourth-order valence-corrected chi connectivity index (χ4v) is 3.37. The van der Waals surface area contributed by atoms with Gasteiger partial charge in [-0.1, -0.05) is 35.9 Å². The first-order valence-electron chi connectivity index (χ1n) is 8.43. The Morgan fingerprint density at radius 2 is 1.85 bits per heavy atom. The Labute approximate surface area is 160 Å². The number of halogens is 1. The Balaban J connectivity index is 1.52. The van der Waals surface area contributed by atoms with E-state index in [1.807, 2.05) is 24.3 Å². The number of amides is 2. The number of carbonyl (C=O) groups excluding carboxylic acids is 2. The van der Waals surface area contributed by atoms with Gasteiger partial charge in [0, 0.05) is 13.0 Å². The number of para-hydroxylation sites is 3. The molecule has 8 heteroatoms. The van der Waals surface area contributed by atoms with Crippen molar-refractivity contribution in [2.45, 2.75) is 6.42 Å². The van der Waals surface area contributed by atoms with Gasteiger partial charge in [0.15, 0.2) is 0 Å². The summed E-state index contributed by atoms with van der Waals surface area (Å²) in [5.41, 5.74) is 1.94. The number of rotatable bonds is 4. The van der Waals surface area contributed by atoms with Gasteiger partial charge in [-0.05, 0) is 24.3 Å². The molecule has 1 fully saturated rings.